The van der Waals surface area contributed by atoms with E-state index in [0.717, 1.165) is 5.56 Å². The number of aliphatic hydroxyl groups is 1. The van der Waals surface area contributed by atoms with E-state index in [2.05, 4.69) is 10.2 Å². The minimum atomic E-state index is -3.83. The average molecular weight is 552 g/mol. The van der Waals surface area contributed by atoms with Gasteiger partial charge >= 0.3 is 6.01 Å². The molecule has 0 aliphatic carbocycles. The summed E-state index contributed by atoms with van der Waals surface area (Å²) in [5.74, 6) is -0.551. The molecule has 1 atom stereocenters. The van der Waals surface area contributed by atoms with Gasteiger partial charge in [-0.05, 0) is 35.9 Å². The first kappa shape index (κ1) is 25.0. The summed E-state index contributed by atoms with van der Waals surface area (Å²) in [6.07, 6.45) is 0. The molecule has 2 aromatic carbocycles. The molecule has 36 heavy (non-hydrogen) atoms. The van der Waals surface area contributed by atoms with E-state index in [4.69, 9.17) is 33.4 Å². The van der Waals surface area contributed by atoms with Gasteiger partial charge in [-0.25, -0.2) is 8.42 Å². The van der Waals surface area contributed by atoms with Gasteiger partial charge in [-0.2, -0.15) is 0 Å². The van der Waals surface area contributed by atoms with Crippen molar-refractivity contribution < 1.29 is 22.7 Å². The number of hydrogen-bond donors (Lipinski definition) is 2. The number of halogens is 2. The van der Waals surface area contributed by atoms with Gasteiger partial charge in [0.2, 0.25) is 11.8 Å². The van der Waals surface area contributed by atoms with E-state index in [0.29, 0.717) is 29.6 Å². The number of fused-ring (bicyclic) bond motifs is 1. The number of benzene rings is 2. The summed E-state index contributed by atoms with van der Waals surface area (Å²) in [6.45, 7) is 0.990. The van der Waals surface area contributed by atoms with Crippen molar-refractivity contribution in [3.05, 3.63) is 53.1 Å². The summed E-state index contributed by atoms with van der Waals surface area (Å²) >= 11 is 12.0. The fourth-order valence-corrected chi connectivity index (χ4v) is 6.30. The summed E-state index contributed by atoms with van der Waals surface area (Å²) in [5, 5.41) is 18.3. The molecule has 3 aromatic rings. The van der Waals surface area contributed by atoms with Crippen LogP contribution in [0.5, 0.6) is 0 Å². The average Bonchev–Trinajstić information content (AvgIpc) is 3.30. The van der Waals surface area contributed by atoms with Crippen LogP contribution in [-0.4, -0.2) is 67.0 Å². The van der Waals surface area contributed by atoms with Crippen molar-refractivity contribution in [2.75, 3.05) is 41.1 Å². The minimum Gasteiger partial charge on any atom is -0.403 e. The van der Waals surface area contributed by atoms with Gasteiger partial charge in [0, 0.05) is 35.0 Å². The van der Waals surface area contributed by atoms with Gasteiger partial charge in [0.05, 0.1) is 35.5 Å². The van der Waals surface area contributed by atoms with Crippen LogP contribution in [0.2, 0.25) is 5.02 Å². The molecule has 1 amide bonds. The first-order chi connectivity index (χ1) is 17.1. The Bertz CT molecular complexity index is 1400. The summed E-state index contributed by atoms with van der Waals surface area (Å²) in [4.78, 5) is 16.4. The molecule has 1 aromatic heterocycles. The van der Waals surface area contributed by atoms with E-state index < -0.39 is 33.0 Å². The van der Waals surface area contributed by atoms with Gasteiger partial charge in [0.25, 0.3) is 0 Å². The Labute approximate surface area is 217 Å². The van der Waals surface area contributed by atoms with Gasteiger partial charge in [-0.15, -0.1) is 16.7 Å². The molecule has 2 aliphatic heterocycles. The lowest BCUT2D eigenvalue weighted by molar-refractivity contribution is -0.119. The molecule has 1 fully saturated rings. The van der Waals surface area contributed by atoms with E-state index in [1.54, 1.807) is 41.3 Å². The third-order valence-electron chi connectivity index (χ3n) is 6.42. The van der Waals surface area contributed by atoms with Crippen molar-refractivity contribution in [2.24, 2.45) is 11.1 Å². The fourth-order valence-electron chi connectivity index (χ4n) is 4.36. The molecule has 0 unspecified atom stereocenters. The van der Waals surface area contributed by atoms with Crippen LogP contribution in [0.4, 0.5) is 11.7 Å². The number of sulfone groups is 1. The van der Waals surface area contributed by atoms with Crippen LogP contribution in [0.25, 0.3) is 11.5 Å². The first-order valence-electron chi connectivity index (χ1n) is 11.1. The number of nitrogens with two attached hydrogens (primary N) is 1. The number of hydrogen-bond acceptors (Lipinski definition) is 9. The van der Waals surface area contributed by atoms with Gasteiger partial charge in [-0.1, -0.05) is 28.8 Å². The number of nitrogens with zero attached hydrogens (tertiary/aromatic N) is 4. The van der Waals surface area contributed by atoms with Crippen molar-refractivity contribution in [1.82, 2.24) is 10.2 Å². The number of amides is 1. The summed E-state index contributed by atoms with van der Waals surface area (Å²) in [7, 11) is -3.83. The molecule has 0 bridgehead atoms. The molecule has 13 heteroatoms. The van der Waals surface area contributed by atoms with Crippen molar-refractivity contribution in [3.8, 4) is 11.5 Å². The van der Waals surface area contributed by atoms with Crippen molar-refractivity contribution in [2.45, 2.75) is 17.5 Å². The Morgan fingerprint density at radius 1 is 1.17 bits per heavy atom. The van der Waals surface area contributed by atoms with E-state index in [1.807, 2.05) is 0 Å². The molecular formula is C23H23Cl2N5O5S. The highest BCUT2D eigenvalue weighted by atomic mass is 35.5. The number of rotatable bonds is 6. The topological polar surface area (TPSA) is 143 Å². The van der Waals surface area contributed by atoms with Crippen LogP contribution >= 0.6 is 23.2 Å². The lowest BCUT2D eigenvalue weighted by Gasteiger charge is -2.47. The molecule has 1 saturated heterocycles. The normalized spacial score (nSPS) is 20.6. The number of carbonyl (C=O) groups excluding carboxylic acids is 1. The molecule has 0 saturated carbocycles. The first-order valence-corrected chi connectivity index (χ1v) is 13.6. The van der Waals surface area contributed by atoms with Gasteiger partial charge in [-0.3, -0.25) is 4.79 Å². The zero-order chi connectivity index (χ0) is 25.7. The molecule has 10 nitrogen and oxygen atoms in total. The highest BCUT2D eigenvalue weighted by Gasteiger charge is 2.44. The van der Waals surface area contributed by atoms with Crippen molar-refractivity contribution in [1.29, 1.82) is 0 Å². The second-order valence-electron chi connectivity index (χ2n) is 9.16. The maximum Gasteiger partial charge on any atom is 0.318 e. The molecule has 190 valence electrons. The monoisotopic (exact) mass is 551 g/mol. The summed E-state index contributed by atoms with van der Waals surface area (Å²) < 4.78 is 31.9. The molecule has 2 aliphatic rings. The molecule has 5 rings (SSSR count). The van der Waals surface area contributed by atoms with E-state index >= 15 is 0 Å². The highest BCUT2D eigenvalue weighted by Crippen LogP contribution is 2.38. The largest absolute Gasteiger partial charge is 0.403 e. The van der Waals surface area contributed by atoms with E-state index in [-0.39, 0.29) is 35.6 Å². The number of aliphatic hydroxyl groups excluding tert-OH is 1. The summed E-state index contributed by atoms with van der Waals surface area (Å²) in [5.41, 5.74) is 6.96. The fraction of sp³-hybridized carbons (Fsp3) is 0.348. The zero-order valence-corrected chi connectivity index (χ0v) is 21.3. The van der Waals surface area contributed by atoms with Crippen molar-refractivity contribution >= 4 is 50.6 Å². The Morgan fingerprint density at radius 3 is 2.56 bits per heavy atom. The van der Waals surface area contributed by atoms with Crippen LogP contribution in [-0.2, 0) is 21.2 Å². The molecule has 0 radical (unpaired) electrons. The molecule has 3 heterocycles. The van der Waals surface area contributed by atoms with Crippen LogP contribution in [0.3, 0.4) is 0 Å². The Kier molecular flexibility index (Phi) is 6.46. The van der Waals surface area contributed by atoms with Crippen LogP contribution in [0.15, 0.2) is 51.8 Å². The third-order valence-corrected chi connectivity index (χ3v) is 9.06. The van der Waals surface area contributed by atoms with Crippen LogP contribution < -0.4 is 15.5 Å². The smallest absolute Gasteiger partial charge is 0.318 e. The maximum atomic E-state index is 13.2. The summed E-state index contributed by atoms with van der Waals surface area (Å²) in [6, 6.07) is 10.5. The second kappa shape index (κ2) is 9.31. The van der Waals surface area contributed by atoms with Crippen LogP contribution in [0, 0.1) is 5.41 Å². The van der Waals surface area contributed by atoms with E-state index in [1.165, 1.54) is 11.0 Å². The van der Waals surface area contributed by atoms with Gasteiger partial charge in [0.1, 0.15) is 0 Å². The number of aromatic nitrogens is 2. The zero-order valence-electron chi connectivity index (χ0n) is 19.0. The molecule has 3 N–H and O–H groups in total. The van der Waals surface area contributed by atoms with Gasteiger partial charge in [0.15, 0.2) is 9.84 Å². The predicted molar refractivity (Wildman–Crippen MR) is 135 cm³/mol. The Morgan fingerprint density at radius 2 is 1.89 bits per heavy atom. The quantitative estimate of drug-likeness (QED) is 0.440. The number of anilines is 2. The van der Waals surface area contributed by atoms with Crippen LogP contribution in [0.1, 0.15) is 5.56 Å². The van der Waals surface area contributed by atoms with Gasteiger partial charge < -0.3 is 25.1 Å². The highest BCUT2D eigenvalue weighted by molar-refractivity contribution is 7.91. The Balaban J connectivity index is 1.51. The molecular weight excluding hydrogens is 529 g/mol. The Hall–Kier alpha value is -2.70. The maximum absolute atomic E-state index is 13.2. The van der Waals surface area contributed by atoms with E-state index in [9.17, 15) is 18.3 Å². The number of alkyl halides is 1. The second-order valence-corrected chi connectivity index (χ2v) is 11.9. The number of carbonyl (C=O) groups is 1. The predicted octanol–water partition coefficient (Wildman–Crippen LogP) is 2.08. The molecule has 0 spiro atoms. The standard InChI is InChI=1S/C23H23Cl2N5O5S/c24-10-23(13-31)11-29(12-23)22-28-27-20(35-22)15-3-6-19-18(7-15)30(8-14-1-4-16(25)5-2-14)21(32)17(26)9-36(19,33)34/h1-7,17,31H,8-13,26H2/t17-/m0/s1. The lowest BCUT2D eigenvalue weighted by Crippen LogP contribution is -2.59. The SMILES string of the molecule is N[C@H]1CS(=O)(=O)c2ccc(-c3nnc(N4CC(CO)(CCl)C4)o3)cc2N(Cc2ccc(Cl)cc2)C1=O. The minimum absolute atomic E-state index is 0.00108. The van der Waals surface area contributed by atoms with Crippen molar-refractivity contribution in [3.63, 3.8) is 0 Å². The lowest BCUT2D eigenvalue weighted by atomic mass is 9.83. The third kappa shape index (κ3) is 4.46.